The molecule has 0 saturated heterocycles. The van der Waals surface area contributed by atoms with Crippen LogP contribution in [0.5, 0.6) is 0 Å². The predicted molar refractivity (Wildman–Crippen MR) is 67.2 cm³/mol. The molecule has 0 radical (unpaired) electrons. The third-order valence-electron chi connectivity index (χ3n) is 2.48. The summed E-state index contributed by atoms with van der Waals surface area (Å²) in [5, 5.41) is 9.81. The monoisotopic (exact) mass is 256 g/mol. The molecule has 0 aliphatic carbocycles. The number of anilines is 1. The minimum absolute atomic E-state index is 0.0300. The van der Waals surface area contributed by atoms with Gasteiger partial charge in [0.25, 0.3) is 0 Å². The second kappa shape index (κ2) is 6.97. The minimum Gasteiger partial charge on any atom is -0.375 e. The zero-order valence-electron chi connectivity index (χ0n) is 11.1. The Kier molecular flexibility index (Phi) is 5.60. The molecule has 2 N–H and O–H groups in total. The van der Waals surface area contributed by atoms with E-state index in [0.717, 1.165) is 5.69 Å². The second-order valence-corrected chi connectivity index (χ2v) is 3.87. The topological polar surface area (TPSA) is 77.4 Å². The van der Waals surface area contributed by atoms with Crippen molar-refractivity contribution in [2.45, 2.75) is 25.8 Å². The number of aromatic nitrogens is 2. The molecule has 1 atom stereocenters. The number of nitrogens with zero attached hydrogens (tertiary/aromatic N) is 2. The number of hydrogen-bond acceptors (Lipinski definition) is 5. The molecular weight excluding hydrogens is 236 g/mol. The fourth-order valence-electron chi connectivity index (χ4n) is 1.59. The van der Waals surface area contributed by atoms with E-state index in [1.165, 1.54) is 0 Å². The van der Waals surface area contributed by atoms with Crippen molar-refractivity contribution in [1.82, 2.24) is 15.1 Å². The van der Waals surface area contributed by atoms with Gasteiger partial charge in [-0.05, 0) is 6.92 Å². The van der Waals surface area contributed by atoms with Gasteiger partial charge in [-0.25, -0.2) is 0 Å². The van der Waals surface area contributed by atoms with Crippen LogP contribution in [0.1, 0.15) is 6.92 Å². The lowest BCUT2D eigenvalue weighted by Crippen LogP contribution is -2.33. The number of hydrogen-bond donors (Lipinski definition) is 2. The Morgan fingerprint density at radius 2 is 2.17 bits per heavy atom. The summed E-state index contributed by atoms with van der Waals surface area (Å²) >= 11 is 0. The van der Waals surface area contributed by atoms with Crippen LogP contribution < -0.4 is 10.6 Å². The van der Waals surface area contributed by atoms with Crippen molar-refractivity contribution in [1.29, 1.82) is 0 Å². The maximum atomic E-state index is 11.2. The van der Waals surface area contributed by atoms with Gasteiger partial charge >= 0.3 is 0 Å². The normalized spacial score (nSPS) is 12.5. The van der Waals surface area contributed by atoms with Crippen molar-refractivity contribution in [3.05, 3.63) is 12.4 Å². The number of rotatable bonds is 7. The van der Waals surface area contributed by atoms with Gasteiger partial charge < -0.3 is 20.1 Å². The molecule has 0 aliphatic rings. The van der Waals surface area contributed by atoms with E-state index in [2.05, 4.69) is 15.7 Å². The lowest BCUT2D eigenvalue weighted by Gasteiger charge is -2.22. The smallest absolute Gasteiger partial charge is 0.241 e. The highest BCUT2D eigenvalue weighted by Gasteiger charge is 2.16. The van der Waals surface area contributed by atoms with E-state index in [-0.39, 0.29) is 24.8 Å². The summed E-state index contributed by atoms with van der Waals surface area (Å²) < 4.78 is 11.9. The average Bonchev–Trinajstić information content (AvgIpc) is 2.77. The third-order valence-corrected chi connectivity index (χ3v) is 2.48. The molecule has 0 saturated carbocycles. The Hall–Kier alpha value is -1.60. The van der Waals surface area contributed by atoms with Gasteiger partial charge in [0.2, 0.25) is 5.91 Å². The molecule has 1 rings (SSSR count). The fraction of sp³-hybridized carbons (Fsp3) is 0.636. The molecular formula is C11H20N4O3. The SMILES string of the molecule is CNC(=O)Cn1cc(NC(C)C(OC)OC)cn1. The van der Waals surface area contributed by atoms with Crippen LogP contribution in [0.2, 0.25) is 0 Å². The van der Waals surface area contributed by atoms with Crippen LogP contribution in [-0.2, 0) is 20.8 Å². The molecule has 18 heavy (non-hydrogen) atoms. The van der Waals surface area contributed by atoms with E-state index in [4.69, 9.17) is 9.47 Å². The minimum atomic E-state index is -0.340. The van der Waals surface area contributed by atoms with E-state index >= 15 is 0 Å². The summed E-state index contributed by atoms with van der Waals surface area (Å²) in [5.74, 6) is -0.0932. The molecule has 1 amide bonds. The van der Waals surface area contributed by atoms with Gasteiger partial charge in [-0.2, -0.15) is 5.10 Å². The molecule has 0 aliphatic heterocycles. The molecule has 0 bridgehead atoms. The Labute approximate surface area is 106 Å². The number of amides is 1. The van der Waals surface area contributed by atoms with Crippen LogP contribution in [0.4, 0.5) is 5.69 Å². The molecule has 1 heterocycles. The highest BCUT2D eigenvalue weighted by Crippen LogP contribution is 2.10. The summed E-state index contributed by atoms with van der Waals surface area (Å²) in [6.45, 7) is 2.14. The number of ether oxygens (including phenoxy) is 2. The number of carbonyl (C=O) groups is 1. The lowest BCUT2D eigenvalue weighted by atomic mass is 10.3. The molecule has 0 aromatic carbocycles. The van der Waals surface area contributed by atoms with Crippen molar-refractivity contribution in [2.75, 3.05) is 26.6 Å². The quantitative estimate of drug-likeness (QED) is 0.674. The Balaban J connectivity index is 2.55. The average molecular weight is 256 g/mol. The lowest BCUT2D eigenvalue weighted by molar-refractivity contribution is -0.121. The largest absolute Gasteiger partial charge is 0.375 e. The van der Waals surface area contributed by atoms with Crippen LogP contribution in [-0.4, -0.2) is 49.3 Å². The standard InChI is InChI=1S/C11H20N4O3/c1-8(11(17-3)18-4)14-9-5-13-15(6-9)7-10(16)12-2/h5-6,8,11,14H,7H2,1-4H3,(H,12,16). The molecule has 0 spiro atoms. The molecule has 1 aromatic rings. The first-order valence-electron chi connectivity index (χ1n) is 5.65. The van der Waals surface area contributed by atoms with Crippen molar-refractivity contribution < 1.29 is 14.3 Å². The van der Waals surface area contributed by atoms with Crippen molar-refractivity contribution in [3.8, 4) is 0 Å². The molecule has 0 fully saturated rings. The number of nitrogens with one attached hydrogen (secondary N) is 2. The second-order valence-electron chi connectivity index (χ2n) is 3.87. The highest BCUT2D eigenvalue weighted by atomic mass is 16.7. The van der Waals surface area contributed by atoms with Crippen LogP contribution in [0.25, 0.3) is 0 Å². The molecule has 7 heteroatoms. The maximum absolute atomic E-state index is 11.2. The van der Waals surface area contributed by atoms with Crippen LogP contribution >= 0.6 is 0 Å². The van der Waals surface area contributed by atoms with Gasteiger partial charge in [-0.3, -0.25) is 9.48 Å². The number of methoxy groups -OCH3 is 2. The maximum Gasteiger partial charge on any atom is 0.241 e. The van der Waals surface area contributed by atoms with Crippen molar-refractivity contribution >= 4 is 11.6 Å². The molecule has 1 aromatic heterocycles. The summed E-state index contributed by atoms with van der Waals surface area (Å²) in [7, 11) is 4.76. The first kappa shape index (κ1) is 14.5. The van der Waals surface area contributed by atoms with Gasteiger partial charge in [-0.15, -0.1) is 0 Å². The van der Waals surface area contributed by atoms with Gasteiger partial charge in [0, 0.05) is 27.5 Å². The van der Waals surface area contributed by atoms with Gasteiger partial charge in [0.15, 0.2) is 6.29 Å². The van der Waals surface area contributed by atoms with Crippen molar-refractivity contribution in [2.24, 2.45) is 0 Å². The summed E-state index contributed by atoms with van der Waals surface area (Å²) in [6.07, 6.45) is 3.07. The van der Waals surface area contributed by atoms with Gasteiger partial charge in [0.1, 0.15) is 6.54 Å². The number of carbonyl (C=O) groups excluding carboxylic acids is 1. The third kappa shape index (κ3) is 4.01. The van der Waals surface area contributed by atoms with Crippen LogP contribution in [0.3, 0.4) is 0 Å². The molecule has 1 unspecified atom stereocenters. The van der Waals surface area contributed by atoms with E-state index in [0.29, 0.717) is 0 Å². The molecule has 7 nitrogen and oxygen atoms in total. The number of likely N-dealkylation sites (N-methyl/N-ethyl adjacent to an activating group) is 1. The zero-order valence-corrected chi connectivity index (χ0v) is 11.1. The summed E-state index contributed by atoms with van der Waals surface area (Å²) in [5.41, 5.74) is 0.811. The van der Waals surface area contributed by atoms with E-state index in [1.54, 1.807) is 38.3 Å². The predicted octanol–water partition coefficient (Wildman–Crippen LogP) is 0.0484. The van der Waals surface area contributed by atoms with Crippen molar-refractivity contribution in [3.63, 3.8) is 0 Å². The summed E-state index contributed by atoms with van der Waals surface area (Å²) in [6, 6.07) is -0.0300. The van der Waals surface area contributed by atoms with Gasteiger partial charge in [-0.1, -0.05) is 0 Å². The fourth-order valence-corrected chi connectivity index (χ4v) is 1.59. The Bertz CT molecular complexity index is 376. The van der Waals surface area contributed by atoms with E-state index in [9.17, 15) is 4.79 Å². The first-order valence-corrected chi connectivity index (χ1v) is 5.65. The van der Waals surface area contributed by atoms with Gasteiger partial charge in [0.05, 0.1) is 17.9 Å². The highest BCUT2D eigenvalue weighted by molar-refractivity contribution is 5.75. The van der Waals surface area contributed by atoms with Crippen LogP contribution in [0.15, 0.2) is 12.4 Å². The Morgan fingerprint density at radius 3 is 2.72 bits per heavy atom. The van der Waals surface area contributed by atoms with E-state index < -0.39 is 0 Å². The zero-order chi connectivity index (χ0) is 13.5. The Morgan fingerprint density at radius 1 is 1.50 bits per heavy atom. The van der Waals surface area contributed by atoms with E-state index in [1.807, 2.05) is 6.92 Å². The summed E-state index contributed by atoms with van der Waals surface area (Å²) in [4.78, 5) is 11.2. The van der Waals surface area contributed by atoms with Crippen LogP contribution in [0, 0.1) is 0 Å². The first-order chi connectivity index (χ1) is 8.60. The molecule has 102 valence electrons.